The van der Waals surface area contributed by atoms with E-state index in [1.54, 1.807) is 18.3 Å². The van der Waals surface area contributed by atoms with Crippen LogP contribution in [0.5, 0.6) is 0 Å². The van der Waals surface area contributed by atoms with Crippen LogP contribution in [0.1, 0.15) is 52.6 Å². The Bertz CT molecular complexity index is 921. The summed E-state index contributed by atoms with van der Waals surface area (Å²) in [5.41, 5.74) is 2.04. The van der Waals surface area contributed by atoms with Crippen molar-refractivity contribution < 1.29 is 4.79 Å². The lowest BCUT2D eigenvalue weighted by atomic mass is 9.99. The number of aromatic amines is 1. The van der Waals surface area contributed by atoms with Gasteiger partial charge < -0.3 is 10.3 Å². The maximum atomic E-state index is 12.5. The third-order valence-corrected chi connectivity index (χ3v) is 6.44. The Morgan fingerprint density at radius 3 is 2.79 bits per heavy atom. The highest BCUT2D eigenvalue weighted by molar-refractivity contribution is 7.10. The average molecular weight is 399 g/mol. The first-order chi connectivity index (χ1) is 13.5. The molecule has 6 nitrogen and oxygen atoms in total. The van der Waals surface area contributed by atoms with Gasteiger partial charge in [-0.2, -0.15) is 5.26 Å². The topological polar surface area (TPSA) is 89.0 Å². The molecule has 28 heavy (non-hydrogen) atoms. The van der Waals surface area contributed by atoms with Gasteiger partial charge in [0.1, 0.15) is 11.6 Å². The first-order valence-electron chi connectivity index (χ1n) is 9.68. The quantitative estimate of drug-likeness (QED) is 0.751. The fourth-order valence-electron chi connectivity index (χ4n) is 3.90. The zero-order valence-electron chi connectivity index (χ0n) is 16.4. The van der Waals surface area contributed by atoms with Crippen LogP contribution >= 0.6 is 11.3 Å². The second-order valence-corrected chi connectivity index (χ2v) is 8.23. The summed E-state index contributed by atoms with van der Waals surface area (Å²) in [4.78, 5) is 30.8. The second-order valence-electron chi connectivity index (χ2n) is 7.25. The molecule has 1 atom stereocenters. The molecule has 1 fully saturated rings. The fourth-order valence-corrected chi connectivity index (χ4v) is 4.76. The number of carbonyl (C=O) groups excluding carboxylic acids is 1. The monoisotopic (exact) mass is 398 g/mol. The Labute approximate surface area is 169 Å². The maximum absolute atomic E-state index is 12.5. The Kier molecular flexibility index (Phi) is 6.65. The number of likely N-dealkylation sites (tertiary alicyclic amines) is 1. The summed E-state index contributed by atoms with van der Waals surface area (Å²) < 4.78 is 0. The lowest BCUT2D eigenvalue weighted by Gasteiger charge is -2.27. The number of hydrogen-bond donors (Lipinski definition) is 2. The van der Waals surface area contributed by atoms with Gasteiger partial charge in [-0.3, -0.25) is 14.5 Å². The maximum Gasteiger partial charge on any atom is 0.266 e. The number of nitrogens with one attached hydrogen (secondary N) is 2. The number of nitriles is 1. The summed E-state index contributed by atoms with van der Waals surface area (Å²) in [6, 6.07) is 6.38. The number of thiophene rings is 1. The van der Waals surface area contributed by atoms with E-state index in [4.69, 9.17) is 0 Å². The SMILES string of the molecule is Cc1[nH]c(=O)c(C#N)c(C)c1CCC(=O)NCC(c1cccs1)N1CCCC1. The van der Waals surface area contributed by atoms with Crippen LogP contribution in [0.3, 0.4) is 0 Å². The number of nitrogens with zero attached hydrogens (tertiary/aromatic N) is 2. The molecule has 2 aromatic rings. The molecule has 1 unspecified atom stereocenters. The van der Waals surface area contributed by atoms with Crippen molar-refractivity contribution in [2.45, 2.75) is 45.6 Å². The summed E-state index contributed by atoms with van der Waals surface area (Å²) in [5.74, 6) is -0.00994. The summed E-state index contributed by atoms with van der Waals surface area (Å²) in [7, 11) is 0. The summed E-state index contributed by atoms with van der Waals surface area (Å²) in [6.45, 7) is 6.33. The van der Waals surface area contributed by atoms with Crippen molar-refractivity contribution in [3.05, 3.63) is 55.1 Å². The number of aromatic nitrogens is 1. The van der Waals surface area contributed by atoms with Crippen molar-refractivity contribution >= 4 is 17.2 Å². The van der Waals surface area contributed by atoms with Gasteiger partial charge in [0.2, 0.25) is 5.91 Å². The molecular weight excluding hydrogens is 372 g/mol. The van der Waals surface area contributed by atoms with E-state index < -0.39 is 0 Å². The van der Waals surface area contributed by atoms with Crippen LogP contribution in [0.15, 0.2) is 22.3 Å². The smallest absolute Gasteiger partial charge is 0.266 e. The summed E-state index contributed by atoms with van der Waals surface area (Å²) >= 11 is 1.73. The van der Waals surface area contributed by atoms with Gasteiger partial charge in [0.15, 0.2) is 0 Å². The minimum absolute atomic E-state index is 0.00994. The zero-order valence-corrected chi connectivity index (χ0v) is 17.2. The molecule has 2 aromatic heterocycles. The lowest BCUT2D eigenvalue weighted by molar-refractivity contribution is -0.121. The molecule has 0 aliphatic carbocycles. The van der Waals surface area contributed by atoms with E-state index in [1.807, 2.05) is 13.0 Å². The van der Waals surface area contributed by atoms with E-state index in [0.717, 1.165) is 24.3 Å². The standard InChI is InChI=1S/C21H26N4O2S/c1-14-16(15(2)24-21(27)17(14)12-22)7-8-20(26)23-13-18(19-6-5-11-28-19)25-9-3-4-10-25/h5-6,11,18H,3-4,7-10,13H2,1-2H3,(H,23,26)(H,24,27). The molecule has 3 heterocycles. The van der Waals surface area contributed by atoms with Gasteiger partial charge in [0, 0.05) is 23.5 Å². The second kappa shape index (κ2) is 9.18. The van der Waals surface area contributed by atoms with Crippen LogP contribution in [0.2, 0.25) is 0 Å². The van der Waals surface area contributed by atoms with Gasteiger partial charge in [-0.1, -0.05) is 6.07 Å². The summed E-state index contributed by atoms with van der Waals surface area (Å²) in [5, 5.41) is 14.3. The molecular formula is C21H26N4O2S. The molecule has 1 aliphatic heterocycles. The van der Waals surface area contributed by atoms with Crippen molar-refractivity contribution in [1.82, 2.24) is 15.2 Å². The Morgan fingerprint density at radius 2 is 2.14 bits per heavy atom. The van der Waals surface area contributed by atoms with E-state index in [-0.39, 0.29) is 23.1 Å². The third-order valence-electron chi connectivity index (χ3n) is 5.47. The van der Waals surface area contributed by atoms with E-state index in [2.05, 4.69) is 32.7 Å². The number of pyridine rings is 1. The predicted molar refractivity (Wildman–Crippen MR) is 110 cm³/mol. The van der Waals surface area contributed by atoms with E-state index in [9.17, 15) is 14.9 Å². The number of aryl methyl sites for hydroxylation is 1. The zero-order chi connectivity index (χ0) is 20.1. The first-order valence-corrected chi connectivity index (χ1v) is 10.6. The minimum atomic E-state index is -0.366. The molecule has 1 aliphatic rings. The van der Waals surface area contributed by atoms with Crippen LogP contribution in [-0.4, -0.2) is 35.4 Å². The Morgan fingerprint density at radius 1 is 1.39 bits per heavy atom. The van der Waals surface area contributed by atoms with Crippen LogP contribution in [-0.2, 0) is 11.2 Å². The van der Waals surface area contributed by atoms with Gasteiger partial charge in [-0.25, -0.2) is 0 Å². The van der Waals surface area contributed by atoms with Gasteiger partial charge in [0.05, 0.1) is 6.04 Å². The van der Waals surface area contributed by atoms with E-state index in [1.165, 1.54) is 17.7 Å². The molecule has 2 N–H and O–H groups in total. The van der Waals surface area contributed by atoms with E-state index >= 15 is 0 Å². The predicted octanol–water partition coefficient (Wildman–Crippen LogP) is 2.81. The number of H-pyrrole nitrogens is 1. The molecule has 3 rings (SSSR count). The largest absolute Gasteiger partial charge is 0.354 e. The Balaban J connectivity index is 1.61. The van der Waals surface area contributed by atoms with Gasteiger partial charge >= 0.3 is 0 Å². The minimum Gasteiger partial charge on any atom is -0.354 e. The van der Waals surface area contributed by atoms with Gasteiger partial charge in [0.25, 0.3) is 5.56 Å². The van der Waals surface area contributed by atoms with Crippen LogP contribution in [0.25, 0.3) is 0 Å². The lowest BCUT2D eigenvalue weighted by Crippen LogP contribution is -2.36. The number of carbonyl (C=O) groups is 1. The molecule has 0 aromatic carbocycles. The van der Waals surface area contributed by atoms with Gasteiger partial charge in [-0.05, 0) is 68.8 Å². The highest BCUT2D eigenvalue weighted by atomic mass is 32.1. The highest BCUT2D eigenvalue weighted by Crippen LogP contribution is 2.27. The van der Waals surface area contributed by atoms with Crippen LogP contribution < -0.4 is 10.9 Å². The number of rotatable bonds is 7. The third kappa shape index (κ3) is 4.51. The summed E-state index contributed by atoms with van der Waals surface area (Å²) in [6.07, 6.45) is 3.25. The van der Waals surface area contributed by atoms with Crippen molar-refractivity contribution in [3.8, 4) is 6.07 Å². The van der Waals surface area contributed by atoms with Crippen molar-refractivity contribution in [2.24, 2.45) is 0 Å². The van der Waals surface area contributed by atoms with E-state index in [0.29, 0.717) is 24.9 Å². The van der Waals surface area contributed by atoms with Crippen LogP contribution in [0, 0.1) is 25.2 Å². The number of amides is 1. The highest BCUT2D eigenvalue weighted by Gasteiger charge is 2.24. The average Bonchev–Trinajstić information content (AvgIpc) is 3.36. The van der Waals surface area contributed by atoms with Crippen molar-refractivity contribution in [1.29, 1.82) is 5.26 Å². The van der Waals surface area contributed by atoms with Gasteiger partial charge in [-0.15, -0.1) is 11.3 Å². The molecule has 0 radical (unpaired) electrons. The van der Waals surface area contributed by atoms with Crippen molar-refractivity contribution in [2.75, 3.05) is 19.6 Å². The first kappa shape index (κ1) is 20.3. The molecule has 148 valence electrons. The molecule has 1 amide bonds. The fraction of sp³-hybridized carbons (Fsp3) is 0.476. The Hall–Kier alpha value is -2.43. The van der Waals surface area contributed by atoms with Crippen molar-refractivity contribution in [3.63, 3.8) is 0 Å². The molecule has 0 bridgehead atoms. The molecule has 0 saturated carbocycles. The normalized spacial score (nSPS) is 15.3. The number of hydrogen-bond acceptors (Lipinski definition) is 5. The molecule has 0 spiro atoms. The molecule has 1 saturated heterocycles. The van der Waals surface area contributed by atoms with Crippen LogP contribution in [0.4, 0.5) is 0 Å². The molecule has 7 heteroatoms.